The first kappa shape index (κ1) is 22.2. The molecule has 1 aromatic carbocycles. The van der Waals surface area contributed by atoms with Crippen LogP contribution in [0.2, 0.25) is 0 Å². The molecule has 0 saturated carbocycles. The van der Waals surface area contributed by atoms with Crippen molar-refractivity contribution in [1.29, 1.82) is 0 Å². The maximum absolute atomic E-state index is 13.6. The summed E-state index contributed by atoms with van der Waals surface area (Å²) in [7, 11) is 0. The Hall–Kier alpha value is -2.61. The number of aromatic nitrogens is 2. The summed E-state index contributed by atoms with van der Waals surface area (Å²) in [6, 6.07) is 5.03. The van der Waals surface area contributed by atoms with Gasteiger partial charge in [0.25, 0.3) is 0 Å². The van der Waals surface area contributed by atoms with Crippen molar-refractivity contribution in [3.8, 4) is 11.3 Å². The third-order valence-corrected chi connectivity index (χ3v) is 7.79. The smallest absolute Gasteiger partial charge is 0.225 e. The molecule has 0 spiro atoms. The van der Waals surface area contributed by atoms with E-state index in [4.69, 9.17) is 0 Å². The number of rotatable bonds is 4. The molecule has 5 heterocycles. The lowest BCUT2D eigenvalue weighted by molar-refractivity contribution is -0.128. The van der Waals surface area contributed by atoms with Crippen LogP contribution in [0.4, 0.5) is 14.7 Å². The molecule has 1 unspecified atom stereocenters. The lowest BCUT2D eigenvalue weighted by Crippen LogP contribution is -2.54. The van der Waals surface area contributed by atoms with E-state index in [2.05, 4.69) is 27.1 Å². The van der Waals surface area contributed by atoms with Crippen molar-refractivity contribution in [3.63, 3.8) is 0 Å². The number of hydrogen-bond acceptors (Lipinski definition) is 5. The van der Waals surface area contributed by atoms with Gasteiger partial charge in [0.05, 0.1) is 5.69 Å². The largest absolute Gasteiger partial charge is 0.350 e. The Morgan fingerprint density at radius 2 is 1.73 bits per heavy atom. The SMILES string of the molecule is CC1(NC(=O)C2CCN(c3nccc(-c4cc(F)cc(F)c4)n3)CC2)CCN2CCC1CC2. The van der Waals surface area contributed by atoms with Crippen molar-refractivity contribution >= 4 is 11.9 Å². The fraction of sp³-hybridized carbons (Fsp3) is 0.560. The van der Waals surface area contributed by atoms with E-state index in [0.717, 1.165) is 57.8 Å². The third-order valence-electron chi connectivity index (χ3n) is 7.79. The highest BCUT2D eigenvalue weighted by Gasteiger charge is 2.42. The monoisotopic (exact) mass is 455 g/mol. The molecule has 1 atom stereocenters. The summed E-state index contributed by atoms with van der Waals surface area (Å²) >= 11 is 0. The zero-order valence-electron chi connectivity index (χ0n) is 19.1. The number of carbonyl (C=O) groups excluding carboxylic acids is 1. The Labute approximate surface area is 193 Å². The Morgan fingerprint density at radius 1 is 1.03 bits per heavy atom. The van der Waals surface area contributed by atoms with Gasteiger partial charge in [0, 0.05) is 48.9 Å². The molecule has 0 aliphatic carbocycles. The van der Waals surface area contributed by atoms with E-state index in [9.17, 15) is 13.6 Å². The van der Waals surface area contributed by atoms with Gasteiger partial charge >= 0.3 is 0 Å². The maximum Gasteiger partial charge on any atom is 0.225 e. The molecule has 33 heavy (non-hydrogen) atoms. The minimum absolute atomic E-state index is 0.0145. The van der Waals surface area contributed by atoms with Gasteiger partial charge in [-0.2, -0.15) is 0 Å². The Bertz CT molecular complexity index is 997. The molecule has 4 aliphatic rings. The van der Waals surface area contributed by atoms with Gasteiger partial charge in [0.15, 0.2) is 0 Å². The topological polar surface area (TPSA) is 61.4 Å². The molecule has 4 saturated heterocycles. The normalized spacial score (nSPS) is 27.9. The van der Waals surface area contributed by atoms with E-state index < -0.39 is 11.6 Å². The number of hydrogen-bond donors (Lipinski definition) is 1. The third kappa shape index (κ3) is 4.71. The quantitative estimate of drug-likeness (QED) is 0.763. The van der Waals surface area contributed by atoms with Crippen LogP contribution in [-0.4, -0.2) is 59.0 Å². The van der Waals surface area contributed by atoms with Gasteiger partial charge in [0.1, 0.15) is 11.6 Å². The first-order valence-electron chi connectivity index (χ1n) is 12.0. The highest BCUT2D eigenvalue weighted by Crippen LogP contribution is 2.35. The molecule has 6 nitrogen and oxygen atoms in total. The number of nitrogens with one attached hydrogen (secondary N) is 1. The molecule has 1 amide bonds. The Balaban J connectivity index is 1.22. The number of amides is 1. The van der Waals surface area contributed by atoms with E-state index >= 15 is 0 Å². The minimum atomic E-state index is -0.635. The van der Waals surface area contributed by atoms with Gasteiger partial charge in [-0.3, -0.25) is 4.79 Å². The van der Waals surface area contributed by atoms with Crippen LogP contribution in [0.3, 0.4) is 0 Å². The molecule has 4 aliphatic heterocycles. The van der Waals surface area contributed by atoms with Crippen molar-refractivity contribution in [2.75, 3.05) is 37.6 Å². The van der Waals surface area contributed by atoms with Crippen molar-refractivity contribution in [2.45, 2.75) is 44.6 Å². The van der Waals surface area contributed by atoms with Crippen LogP contribution >= 0.6 is 0 Å². The Kier molecular flexibility index (Phi) is 6.03. The molecule has 4 fully saturated rings. The van der Waals surface area contributed by atoms with Crippen LogP contribution in [0.1, 0.15) is 39.0 Å². The summed E-state index contributed by atoms with van der Waals surface area (Å²) in [6.07, 6.45) is 6.43. The van der Waals surface area contributed by atoms with Crippen LogP contribution in [0, 0.1) is 23.5 Å². The van der Waals surface area contributed by atoms with E-state index in [1.807, 2.05) is 4.90 Å². The van der Waals surface area contributed by atoms with Gasteiger partial charge in [0.2, 0.25) is 11.9 Å². The van der Waals surface area contributed by atoms with Gasteiger partial charge in [-0.1, -0.05) is 0 Å². The van der Waals surface area contributed by atoms with Gasteiger partial charge in [-0.25, -0.2) is 18.7 Å². The Morgan fingerprint density at radius 3 is 2.42 bits per heavy atom. The average molecular weight is 456 g/mol. The standard InChI is InChI=1S/C25H31F2N5O/c1-25(7-13-31-9-5-19(25)6-10-31)30-23(33)17-3-11-32(12-4-17)24-28-8-2-22(29-24)18-14-20(26)16-21(27)15-18/h2,8,14-17,19H,3-7,9-13H2,1H3,(H,30,33). The van der Waals surface area contributed by atoms with E-state index in [-0.39, 0.29) is 17.4 Å². The fourth-order valence-electron chi connectivity index (χ4n) is 5.64. The molecule has 8 heteroatoms. The predicted octanol–water partition coefficient (Wildman–Crippen LogP) is 3.63. The zero-order chi connectivity index (χ0) is 23.0. The predicted molar refractivity (Wildman–Crippen MR) is 123 cm³/mol. The summed E-state index contributed by atoms with van der Waals surface area (Å²) in [6.45, 7) is 6.94. The summed E-state index contributed by atoms with van der Waals surface area (Å²) in [5, 5.41) is 3.44. The number of carbonyl (C=O) groups is 1. The fourth-order valence-corrected chi connectivity index (χ4v) is 5.64. The summed E-state index contributed by atoms with van der Waals surface area (Å²) < 4.78 is 27.2. The molecule has 176 valence electrons. The molecule has 2 bridgehead atoms. The highest BCUT2D eigenvalue weighted by atomic mass is 19.1. The van der Waals surface area contributed by atoms with Crippen molar-refractivity contribution < 1.29 is 13.6 Å². The van der Waals surface area contributed by atoms with Gasteiger partial charge < -0.3 is 15.1 Å². The van der Waals surface area contributed by atoms with Crippen molar-refractivity contribution in [1.82, 2.24) is 20.2 Å². The molecular weight excluding hydrogens is 424 g/mol. The second kappa shape index (κ2) is 8.97. The lowest BCUT2D eigenvalue weighted by Gasteiger charge is -2.39. The highest BCUT2D eigenvalue weighted by molar-refractivity contribution is 5.79. The summed E-state index contributed by atoms with van der Waals surface area (Å²) in [4.78, 5) is 26.6. The molecule has 2 aromatic rings. The number of benzene rings is 1. The zero-order valence-corrected chi connectivity index (χ0v) is 19.1. The van der Waals surface area contributed by atoms with Gasteiger partial charge in [-0.05, 0) is 76.2 Å². The van der Waals surface area contributed by atoms with Crippen molar-refractivity contribution in [3.05, 3.63) is 42.1 Å². The number of halogens is 2. The molecule has 1 N–H and O–H groups in total. The summed E-state index contributed by atoms with van der Waals surface area (Å²) in [5.74, 6) is -0.0297. The minimum Gasteiger partial charge on any atom is -0.350 e. The van der Waals surface area contributed by atoms with Crippen molar-refractivity contribution in [2.24, 2.45) is 11.8 Å². The molecule has 0 radical (unpaired) electrons. The summed E-state index contributed by atoms with van der Waals surface area (Å²) in [5.41, 5.74) is 0.745. The van der Waals surface area contributed by atoms with E-state index in [1.165, 1.54) is 12.1 Å². The average Bonchev–Trinajstić information content (AvgIpc) is 3.07. The van der Waals surface area contributed by atoms with Crippen LogP contribution < -0.4 is 10.2 Å². The number of anilines is 1. The first-order chi connectivity index (χ1) is 15.9. The van der Waals surface area contributed by atoms with E-state index in [1.54, 1.807) is 12.3 Å². The van der Waals surface area contributed by atoms with E-state index in [0.29, 0.717) is 36.2 Å². The van der Waals surface area contributed by atoms with Crippen LogP contribution in [-0.2, 0) is 4.79 Å². The maximum atomic E-state index is 13.6. The van der Waals surface area contributed by atoms with Crippen LogP contribution in [0.25, 0.3) is 11.3 Å². The first-order valence-corrected chi connectivity index (χ1v) is 12.0. The molecule has 1 aromatic heterocycles. The van der Waals surface area contributed by atoms with Crippen LogP contribution in [0.5, 0.6) is 0 Å². The number of fused-ring (bicyclic) bond motifs is 4. The molecule has 6 rings (SSSR count). The number of piperidine rings is 2. The number of nitrogens with zero attached hydrogens (tertiary/aromatic N) is 4. The van der Waals surface area contributed by atoms with Crippen LogP contribution in [0.15, 0.2) is 30.5 Å². The molecular formula is C25H31F2N5O. The second-order valence-electron chi connectivity index (χ2n) is 9.93. The second-order valence-corrected chi connectivity index (χ2v) is 9.93. The van der Waals surface area contributed by atoms with Gasteiger partial charge in [-0.15, -0.1) is 0 Å². The lowest BCUT2D eigenvalue weighted by atomic mass is 9.78.